The van der Waals surface area contributed by atoms with E-state index in [4.69, 9.17) is 29.4 Å². The van der Waals surface area contributed by atoms with E-state index in [2.05, 4.69) is 16.2 Å². The van der Waals surface area contributed by atoms with E-state index in [1.165, 1.54) is 18.0 Å². The van der Waals surface area contributed by atoms with Gasteiger partial charge in [0.2, 0.25) is 5.60 Å². The van der Waals surface area contributed by atoms with Crippen molar-refractivity contribution in [3.05, 3.63) is 54.5 Å². The number of nitriles is 1. The van der Waals surface area contributed by atoms with E-state index in [1.807, 2.05) is 6.07 Å². The summed E-state index contributed by atoms with van der Waals surface area (Å²) in [6.07, 6.45) is -1.58. The lowest BCUT2D eigenvalue weighted by Gasteiger charge is -2.37. The van der Waals surface area contributed by atoms with Crippen LogP contribution in [0.5, 0.6) is 5.75 Å². The summed E-state index contributed by atoms with van der Waals surface area (Å²) in [6, 6.07) is 14.3. The van der Waals surface area contributed by atoms with Crippen LogP contribution in [-0.4, -0.2) is 58.8 Å². The number of hydrogen-bond donors (Lipinski definition) is 1. The van der Waals surface area contributed by atoms with Crippen molar-refractivity contribution in [1.82, 2.24) is 14.6 Å². The predicted molar refractivity (Wildman–Crippen MR) is 139 cm³/mol. The Morgan fingerprint density at radius 3 is 2.33 bits per heavy atom. The molecule has 0 amide bonds. The SMILES string of the molecule is CO[C@](C#N)(COCOc1ccccc1)[C@@H](OC(=O)C(C)C)[C@@H](OC(=O)C(C)C)c1ccc2c(N)ncnn12. The molecule has 0 fully saturated rings. The number of esters is 2. The third-order valence-electron chi connectivity index (χ3n) is 5.89. The highest BCUT2D eigenvalue weighted by Gasteiger charge is 2.51. The number of para-hydroxylation sites is 1. The first-order chi connectivity index (χ1) is 18.6. The Morgan fingerprint density at radius 2 is 1.72 bits per heavy atom. The van der Waals surface area contributed by atoms with Crippen LogP contribution in [0, 0.1) is 23.2 Å². The van der Waals surface area contributed by atoms with Crippen LogP contribution >= 0.6 is 0 Å². The zero-order chi connectivity index (χ0) is 28.6. The lowest BCUT2D eigenvalue weighted by Crippen LogP contribution is -2.53. The molecule has 0 radical (unpaired) electrons. The third kappa shape index (κ3) is 6.81. The molecule has 2 heterocycles. The number of benzene rings is 1. The van der Waals surface area contributed by atoms with Gasteiger partial charge < -0.3 is 29.4 Å². The van der Waals surface area contributed by atoms with E-state index in [-0.39, 0.29) is 24.9 Å². The molecular weight excluding hydrogens is 506 g/mol. The second-order valence-electron chi connectivity index (χ2n) is 9.35. The minimum absolute atomic E-state index is 0.181. The smallest absolute Gasteiger partial charge is 0.309 e. The van der Waals surface area contributed by atoms with Crippen LogP contribution in [0.2, 0.25) is 0 Å². The van der Waals surface area contributed by atoms with E-state index in [0.717, 1.165) is 0 Å². The van der Waals surface area contributed by atoms with Gasteiger partial charge in [0, 0.05) is 7.11 Å². The van der Waals surface area contributed by atoms with E-state index < -0.39 is 41.6 Å². The number of nitrogens with zero attached hydrogens (tertiary/aromatic N) is 4. The second-order valence-corrected chi connectivity index (χ2v) is 9.35. The predicted octanol–water partition coefficient (Wildman–Crippen LogP) is 3.08. The molecule has 2 aromatic heterocycles. The largest absolute Gasteiger partial charge is 0.468 e. The van der Waals surface area contributed by atoms with Gasteiger partial charge in [-0.25, -0.2) is 9.50 Å². The van der Waals surface area contributed by atoms with Crippen molar-refractivity contribution in [2.24, 2.45) is 11.8 Å². The summed E-state index contributed by atoms with van der Waals surface area (Å²) in [6.45, 7) is 5.97. The van der Waals surface area contributed by atoms with Crippen LogP contribution in [0.1, 0.15) is 39.5 Å². The number of nitrogens with two attached hydrogens (primary N) is 1. The minimum Gasteiger partial charge on any atom is -0.468 e. The lowest BCUT2D eigenvalue weighted by atomic mass is 9.92. The monoisotopic (exact) mass is 539 g/mol. The molecule has 12 nitrogen and oxygen atoms in total. The van der Waals surface area contributed by atoms with Crippen molar-refractivity contribution in [1.29, 1.82) is 5.26 Å². The lowest BCUT2D eigenvalue weighted by molar-refractivity contribution is -0.203. The highest BCUT2D eigenvalue weighted by atomic mass is 16.7. The maximum Gasteiger partial charge on any atom is 0.309 e. The van der Waals surface area contributed by atoms with Gasteiger partial charge in [-0.3, -0.25) is 9.59 Å². The molecule has 0 unspecified atom stereocenters. The summed E-state index contributed by atoms with van der Waals surface area (Å²) in [5.41, 5.74) is 4.80. The molecule has 0 bridgehead atoms. The third-order valence-corrected chi connectivity index (χ3v) is 5.89. The molecule has 208 valence electrons. The van der Waals surface area contributed by atoms with Crippen molar-refractivity contribution in [3.63, 3.8) is 0 Å². The number of rotatable bonds is 13. The molecule has 0 aliphatic heterocycles. The molecule has 39 heavy (non-hydrogen) atoms. The van der Waals surface area contributed by atoms with Crippen LogP contribution < -0.4 is 10.5 Å². The van der Waals surface area contributed by atoms with E-state index in [9.17, 15) is 14.9 Å². The Morgan fingerprint density at radius 1 is 1.05 bits per heavy atom. The maximum absolute atomic E-state index is 12.9. The summed E-state index contributed by atoms with van der Waals surface area (Å²) in [7, 11) is 1.28. The van der Waals surface area contributed by atoms with Gasteiger partial charge in [-0.05, 0) is 24.3 Å². The number of carbonyl (C=O) groups excluding carboxylic acids is 2. The molecule has 2 N–H and O–H groups in total. The summed E-state index contributed by atoms with van der Waals surface area (Å²) in [5, 5.41) is 14.6. The standard InChI is InChI=1S/C27H33N5O7/c1-17(2)25(33)38-22(20-11-12-21-24(29)30-15-31-32(20)21)23(39-26(34)18(3)4)27(13-28,35-5)14-36-16-37-19-9-7-6-8-10-19/h6-12,15,17-18,22-23H,14,16H2,1-5H3,(H2,29,30,31)/t22-,23-,27+/m0/s1. The van der Waals surface area contributed by atoms with Crippen molar-refractivity contribution in [2.45, 2.75) is 45.5 Å². The summed E-state index contributed by atoms with van der Waals surface area (Å²) >= 11 is 0. The zero-order valence-corrected chi connectivity index (χ0v) is 22.6. The summed E-state index contributed by atoms with van der Waals surface area (Å²) < 4.78 is 30.1. The molecule has 0 aliphatic rings. The first-order valence-corrected chi connectivity index (χ1v) is 12.3. The summed E-state index contributed by atoms with van der Waals surface area (Å²) in [4.78, 5) is 29.8. The molecule has 0 aliphatic carbocycles. The van der Waals surface area contributed by atoms with Crippen LogP contribution in [0.3, 0.4) is 0 Å². The topological polar surface area (TPSA) is 160 Å². The number of ether oxygens (including phenoxy) is 5. The maximum atomic E-state index is 12.9. The normalized spacial score (nSPS) is 14.4. The molecule has 0 saturated carbocycles. The Labute approximate surface area is 226 Å². The molecule has 3 rings (SSSR count). The number of carbonyl (C=O) groups is 2. The second kappa shape index (κ2) is 13.0. The highest BCUT2D eigenvalue weighted by Crippen LogP contribution is 2.35. The van der Waals surface area contributed by atoms with Gasteiger partial charge in [0.15, 0.2) is 24.8 Å². The van der Waals surface area contributed by atoms with Crippen molar-refractivity contribution in [2.75, 3.05) is 26.2 Å². The molecule has 12 heteroatoms. The zero-order valence-electron chi connectivity index (χ0n) is 22.6. The van der Waals surface area contributed by atoms with Crippen LogP contribution in [0.25, 0.3) is 5.52 Å². The highest BCUT2D eigenvalue weighted by molar-refractivity contribution is 5.73. The molecule has 0 saturated heterocycles. The number of nitrogen functional groups attached to an aromatic ring is 1. The molecule has 0 spiro atoms. The number of aromatic nitrogens is 3. The Kier molecular flexibility index (Phi) is 9.81. The van der Waals surface area contributed by atoms with E-state index in [0.29, 0.717) is 11.3 Å². The first-order valence-electron chi connectivity index (χ1n) is 12.3. The first kappa shape index (κ1) is 29.3. The van der Waals surface area contributed by atoms with E-state index in [1.54, 1.807) is 64.1 Å². The van der Waals surface area contributed by atoms with Gasteiger partial charge in [0.25, 0.3) is 0 Å². The number of fused-ring (bicyclic) bond motifs is 1. The Balaban J connectivity index is 2.05. The van der Waals surface area contributed by atoms with Gasteiger partial charge >= 0.3 is 11.9 Å². The minimum atomic E-state index is -1.92. The molecule has 3 aromatic rings. The Hall–Kier alpha value is -4.21. The average Bonchev–Trinajstić information content (AvgIpc) is 3.36. The molecule has 3 atom stereocenters. The van der Waals surface area contributed by atoms with Gasteiger partial charge in [-0.2, -0.15) is 10.4 Å². The van der Waals surface area contributed by atoms with Gasteiger partial charge in [0.05, 0.1) is 24.1 Å². The van der Waals surface area contributed by atoms with Crippen molar-refractivity contribution >= 4 is 23.3 Å². The van der Waals surface area contributed by atoms with Gasteiger partial charge in [0.1, 0.15) is 23.7 Å². The summed E-state index contributed by atoms with van der Waals surface area (Å²) in [5.74, 6) is -1.60. The molecule has 1 aromatic carbocycles. The van der Waals surface area contributed by atoms with Crippen molar-refractivity contribution < 1.29 is 33.3 Å². The fraction of sp³-hybridized carbons (Fsp3) is 0.444. The van der Waals surface area contributed by atoms with Crippen LogP contribution in [0.15, 0.2) is 48.8 Å². The molecular formula is C27H33N5O7. The number of anilines is 1. The van der Waals surface area contributed by atoms with Crippen LogP contribution in [-0.2, 0) is 28.5 Å². The van der Waals surface area contributed by atoms with Gasteiger partial charge in [-0.1, -0.05) is 45.9 Å². The fourth-order valence-electron chi connectivity index (χ4n) is 3.61. The number of methoxy groups -OCH3 is 1. The van der Waals surface area contributed by atoms with E-state index >= 15 is 0 Å². The van der Waals surface area contributed by atoms with Crippen LogP contribution in [0.4, 0.5) is 5.82 Å². The number of hydrogen-bond acceptors (Lipinski definition) is 11. The average molecular weight is 540 g/mol. The fourth-order valence-corrected chi connectivity index (χ4v) is 3.61. The van der Waals surface area contributed by atoms with Crippen molar-refractivity contribution in [3.8, 4) is 11.8 Å². The Bertz CT molecular complexity index is 1300. The van der Waals surface area contributed by atoms with Gasteiger partial charge in [-0.15, -0.1) is 0 Å². The quantitative estimate of drug-likeness (QED) is 0.193.